The Kier molecular flexibility index (Phi) is 3.19. The van der Waals surface area contributed by atoms with Crippen molar-refractivity contribution in [3.8, 4) is 5.75 Å². The molecule has 0 saturated heterocycles. The molecule has 1 amide bonds. The van der Waals surface area contributed by atoms with Gasteiger partial charge in [0.1, 0.15) is 5.75 Å². The van der Waals surface area contributed by atoms with Gasteiger partial charge in [-0.25, -0.2) is 5.48 Å². The molecule has 0 bridgehead atoms. The zero-order valence-electron chi connectivity index (χ0n) is 7.76. The van der Waals surface area contributed by atoms with Crippen molar-refractivity contribution in [3.63, 3.8) is 0 Å². The summed E-state index contributed by atoms with van der Waals surface area (Å²) in [6, 6.07) is 3.13. The molecule has 1 aromatic rings. The zero-order chi connectivity index (χ0) is 11.4. The van der Waals surface area contributed by atoms with E-state index < -0.39 is 10.8 Å². The van der Waals surface area contributed by atoms with Crippen LogP contribution in [0.25, 0.3) is 0 Å². The molecule has 0 saturated carbocycles. The number of carbonyl (C=O) groups is 1. The van der Waals surface area contributed by atoms with Gasteiger partial charge in [-0.15, -0.1) is 0 Å². The van der Waals surface area contributed by atoms with Crippen LogP contribution in [0, 0.1) is 10.1 Å². The van der Waals surface area contributed by atoms with Gasteiger partial charge in [-0.05, 0) is 6.07 Å². The maximum atomic E-state index is 11.2. The van der Waals surface area contributed by atoms with Crippen LogP contribution in [0.4, 0.5) is 5.69 Å². The number of nitro groups is 1. The van der Waals surface area contributed by atoms with E-state index >= 15 is 0 Å². The van der Waals surface area contributed by atoms with Crippen LogP contribution in [0.3, 0.4) is 0 Å². The summed E-state index contributed by atoms with van der Waals surface area (Å²) in [6.07, 6.45) is 0. The van der Waals surface area contributed by atoms with Gasteiger partial charge in [0, 0.05) is 12.1 Å². The minimum atomic E-state index is -0.751. The highest BCUT2D eigenvalue weighted by Crippen LogP contribution is 2.22. The van der Waals surface area contributed by atoms with Gasteiger partial charge < -0.3 is 5.11 Å². The standard InChI is InChI=1S/C8H8N2O5/c1-15-9-8(12)6-4-5(10(13)14)2-3-7(6)11/h2-4,11H,1H3,(H,9,12). The Morgan fingerprint density at radius 3 is 2.80 bits per heavy atom. The maximum absolute atomic E-state index is 11.2. The molecule has 0 aliphatic heterocycles. The number of amides is 1. The van der Waals surface area contributed by atoms with E-state index in [9.17, 15) is 20.0 Å². The van der Waals surface area contributed by atoms with Crippen LogP contribution in [0.1, 0.15) is 10.4 Å². The van der Waals surface area contributed by atoms with E-state index in [1.165, 1.54) is 7.11 Å². The highest BCUT2D eigenvalue weighted by atomic mass is 16.6. The summed E-state index contributed by atoms with van der Waals surface area (Å²) >= 11 is 0. The van der Waals surface area contributed by atoms with E-state index in [-0.39, 0.29) is 17.0 Å². The number of nitrogens with one attached hydrogen (secondary N) is 1. The first-order chi connectivity index (χ1) is 7.06. The number of nitrogens with zero attached hydrogens (tertiary/aromatic N) is 1. The number of rotatable bonds is 3. The Morgan fingerprint density at radius 1 is 1.60 bits per heavy atom. The quantitative estimate of drug-likeness (QED) is 0.564. The van der Waals surface area contributed by atoms with Crippen molar-refractivity contribution < 1.29 is 19.7 Å². The molecule has 0 fully saturated rings. The van der Waals surface area contributed by atoms with E-state index in [4.69, 9.17) is 0 Å². The van der Waals surface area contributed by atoms with Crippen LogP contribution in [-0.4, -0.2) is 23.0 Å². The third-order valence-electron chi connectivity index (χ3n) is 1.63. The van der Waals surface area contributed by atoms with Crippen LogP contribution in [-0.2, 0) is 4.84 Å². The Balaban J connectivity index is 3.10. The molecule has 0 aromatic heterocycles. The molecule has 1 rings (SSSR count). The first-order valence-corrected chi connectivity index (χ1v) is 3.87. The van der Waals surface area contributed by atoms with Gasteiger partial charge in [0.15, 0.2) is 0 Å². The second-order valence-electron chi connectivity index (χ2n) is 2.59. The number of hydroxylamine groups is 1. The van der Waals surface area contributed by atoms with Gasteiger partial charge in [-0.3, -0.25) is 19.7 Å². The van der Waals surface area contributed by atoms with Gasteiger partial charge in [0.2, 0.25) is 0 Å². The van der Waals surface area contributed by atoms with Crippen molar-refractivity contribution in [2.24, 2.45) is 0 Å². The number of carbonyl (C=O) groups excluding carboxylic acids is 1. The van der Waals surface area contributed by atoms with Crippen molar-refractivity contribution in [1.82, 2.24) is 5.48 Å². The van der Waals surface area contributed by atoms with E-state index in [1.54, 1.807) is 0 Å². The van der Waals surface area contributed by atoms with Crippen molar-refractivity contribution in [2.45, 2.75) is 0 Å². The number of phenolic OH excluding ortho intramolecular Hbond substituents is 1. The van der Waals surface area contributed by atoms with Crippen molar-refractivity contribution in [2.75, 3.05) is 7.11 Å². The largest absolute Gasteiger partial charge is 0.507 e. The van der Waals surface area contributed by atoms with Crippen LogP contribution in [0.2, 0.25) is 0 Å². The number of non-ortho nitro benzene ring substituents is 1. The minimum absolute atomic E-state index is 0.217. The number of phenols is 1. The molecule has 0 radical (unpaired) electrons. The number of nitro benzene ring substituents is 1. The van der Waals surface area contributed by atoms with E-state index in [0.29, 0.717) is 0 Å². The maximum Gasteiger partial charge on any atom is 0.278 e. The average Bonchev–Trinajstić information content (AvgIpc) is 2.18. The summed E-state index contributed by atoms with van der Waals surface area (Å²) in [6.45, 7) is 0. The van der Waals surface area contributed by atoms with Crippen LogP contribution in [0.15, 0.2) is 18.2 Å². The average molecular weight is 212 g/mol. The number of hydrogen-bond donors (Lipinski definition) is 2. The molecule has 7 nitrogen and oxygen atoms in total. The second kappa shape index (κ2) is 4.38. The molecule has 1 aromatic carbocycles. The van der Waals surface area contributed by atoms with Crippen molar-refractivity contribution >= 4 is 11.6 Å². The van der Waals surface area contributed by atoms with Crippen LogP contribution in [0.5, 0.6) is 5.75 Å². The summed E-state index contributed by atoms with van der Waals surface area (Å²) < 4.78 is 0. The van der Waals surface area contributed by atoms with Crippen molar-refractivity contribution in [3.05, 3.63) is 33.9 Å². The first-order valence-electron chi connectivity index (χ1n) is 3.87. The summed E-state index contributed by atoms with van der Waals surface area (Å²) in [4.78, 5) is 25.3. The van der Waals surface area contributed by atoms with E-state index in [1.807, 2.05) is 5.48 Å². The number of benzene rings is 1. The van der Waals surface area contributed by atoms with Crippen LogP contribution < -0.4 is 5.48 Å². The second-order valence-corrected chi connectivity index (χ2v) is 2.59. The van der Waals surface area contributed by atoms with Gasteiger partial charge in [-0.1, -0.05) is 0 Å². The summed E-state index contributed by atoms with van der Waals surface area (Å²) in [7, 11) is 1.21. The first kappa shape index (κ1) is 10.9. The van der Waals surface area contributed by atoms with Crippen molar-refractivity contribution in [1.29, 1.82) is 0 Å². The third-order valence-corrected chi connectivity index (χ3v) is 1.63. The molecule has 2 N–H and O–H groups in total. The summed E-state index contributed by atoms with van der Waals surface area (Å²) in [5, 5.41) is 19.7. The SMILES string of the molecule is CONC(=O)c1cc([N+](=O)[O-])ccc1O. The highest BCUT2D eigenvalue weighted by Gasteiger charge is 2.15. The van der Waals surface area contributed by atoms with Gasteiger partial charge in [0.05, 0.1) is 17.6 Å². The van der Waals surface area contributed by atoms with E-state index in [2.05, 4.69) is 4.84 Å². The predicted molar refractivity (Wildman–Crippen MR) is 49.2 cm³/mol. The van der Waals surface area contributed by atoms with Gasteiger partial charge in [-0.2, -0.15) is 0 Å². The third kappa shape index (κ3) is 2.41. The Hall–Kier alpha value is -2.15. The molecular weight excluding hydrogens is 204 g/mol. The molecule has 0 aliphatic carbocycles. The van der Waals surface area contributed by atoms with E-state index in [0.717, 1.165) is 18.2 Å². The fourth-order valence-electron chi connectivity index (χ4n) is 0.967. The topological polar surface area (TPSA) is 102 Å². The lowest BCUT2D eigenvalue weighted by molar-refractivity contribution is -0.384. The zero-order valence-corrected chi connectivity index (χ0v) is 7.76. The predicted octanol–water partition coefficient (Wildman–Crippen LogP) is 0.592. The monoisotopic (exact) mass is 212 g/mol. The lowest BCUT2D eigenvalue weighted by Crippen LogP contribution is -2.21. The molecule has 15 heavy (non-hydrogen) atoms. The molecule has 0 spiro atoms. The molecule has 80 valence electrons. The minimum Gasteiger partial charge on any atom is -0.507 e. The summed E-state index contributed by atoms with van der Waals surface area (Å²) in [5.74, 6) is -1.10. The smallest absolute Gasteiger partial charge is 0.278 e. The molecule has 0 heterocycles. The normalized spacial score (nSPS) is 9.67. The van der Waals surface area contributed by atoms with Gasteiger partial charge >= 0.3 is 0 Å². The Morgan fingerprint density at radius 2 is 2.27 bits per heavy atom. The fourth-order valence-corrected chi connectivity index (χ4v) is 0.967. The molecule has 0 aliphatic rings. The molecule has 7 heteroatoms. The highest BCUT2D eigenvalue weighted by molar-refractivity contribution is 5.96. The number of hydrogen-bond acceptors (Lipinski definition) is 5. The Labute approximate surface area is 84.4 Å². The summed E-state index contributed by atoms with van der Waals surface area (Å²) in [5.41, 5.74) is 1.45. The van der Waals surface area contributed by atoms with Gasteiger partial charge in [0.25, 0.3) is 11.6 Å². The lowest BCUT2D eigenvalue weighted by atomic mass is 10.1. The van der Waals surface area contributed by atoms with Crippen LogP contribution >= 0.6 is 0 Å². The number of aromatic hydroxyl groups is 1. The lowest BCUT2D eigenvalue weighted by Gasteiger charge is -2.03. The fraction of sp³-hybridized carbons (Fsp3) is 0.125. The molecule has 0 atom stereocenters. The molecular formula is C8H8N2O5. The molecule has 0 unspecified atom stereocenters. The Bertz CT molecular complexity index is 404.